The number of hydrogen-bond acceptors (Lipinski definition) is 6. The zero-order valence-corrected chi connectivity index (χ0v) is 14.9. The molecule has 0 aliphatic carbocycles. The summed E-state index contributed by atoms with van der Waals surface area (Å²) in [6, 6.07) is 0.407. The molecule has 0 saturated carbocycles. The predicted molar refractivity (Wildman–Crippen MR) is 88.9 cm³/mol. The molecule has 1 unspecified atom stereocenters. The average molecular weight is 347 g/mol. The Bertz CT molecular complexity index is 521. The van der Waals surface area contributed by atoms with E-state index in [1.54, 1.807) is 7.11 Å². The molecule has 2 rings (SSSR count). The van der Waals surface area contributed by atoms with Gasteiger partial charge in [0.1, 0.15) is 15.4 Å². The largest absolute Gasteiger partial charge is 0.379 e. The summed E-state index contributed by atoms with van der Waals surface area (Å²) in [5.41, 5.74) is 5.21. The maximum atomic E-state index is 12.0. The molecule has 0 radical (unpaired) electrons. The highest BCUT2D eigenvalue weighted by Gasteiger charge is 2.52. The molecule has 2 aliphatic heterocycles. The third-order valence-electron chi connectivity index (χ3n) is 5.22. The Kier molecular flexibility index (Phi) is 6.05. The van der Waals surface area contributed by atoms with Crippen molar-refractivity contribution in [1.29, 1.82) is 0 Å². The number of ether oxygens (including phenoxy) is 1. The Hall–Kier alpha value is -0.700. The van der Waals surface area contributed by atoms with Crippen LogP contribution in [0.4, 0.5) is 0 Å². The Labute approximate surface area is 138 Å². The fourth-order valence-corrected chi connectivity index (χ4v) is 4.44. The summed E-state index contributed by atoms with van der Waals surface area (Å²) in [6.07, 6.45) is 5.97. The summed E-state index contributed by atoms with van der Waals surface area (Å²) >= 11 is 0. The second-order valence-corrected chi connectivity index (χ2v) is 9.08. The predicted octanol–water partition coefficient (Wildman–Crippen LogP) is -0.492. The van der Waals surface area contributed by atoms with E-state index >= 15 is 0 Å². The minimum absolute atomic E-state index is 0.0908. The van der Waals surface area contributed by atoms with E-state index in [0.29, 0.717) is 25.7 Å². The number of nitrogens with zero attached hydrogens (tertiary/aromatic N) is 1. The van der Waals surface area contributed by atoms with Crippen LogP contribution in [-0.2, 0) is 19.4 Å². The van der Waals surface area contributed by atoms with Crippen molar-refractivity contribution in [2.24, 2.45) is 5.73 Å². The summed E-state index contributed by atoms with van der Waals surface area (Å²) < 4.78 is 27.8. The molecule has 23 heavy (non-hydrogen) atoms. The third-order valence-corrected chi connectivity index (χ3v) is 6.17. The van der Waals surface area contributed by atoms with Crippen LogP contribution in [0.3, 0.4) is 0 Å². The first-order valence-electron chi connectivity index (χ1n) is 8.26. The summed E-state index contributed by atoms with van der Waals surface area (Å²) in [7, 11) is -1.31. The van der Waals surface area contributed by atoms with E-state index in [0.717, 1.165) is 32.1 Å². The van der Waals surface area contributed by atoms with Crippen molar-refractivity contribution in [3.05, 3.63) is 0 Å². The molecular weight excluding hydrogens is 318 g/mol. The molecule has 2 saturated heterocycles. The van der Waals surface area contributed by atoms with Gasteiger partial charge in [0, 0.05) is 39.0 Å². The molecule has 0 aromatic carbocycles. The number of rotatable bonds is 9. The molecule has 3 atom stereocenters. The molecule has 0 aromatic rings. The zero-order valence-electron chi connectivity index (χ0n) is 14.1. The van der Waals surface area contributed by atoms with Gasteiger partial charge in [-0.2, -0.15) is 0 Å². The summed E-state index contributed by atoms with van der Waals surface area (Å²) in [5.74, 6) is -0.111. The zero-order chi connectivity index (χ0) is 17.1. The second kappa shape index (κ2) is 7.46. The van der Waals surface area contributed by atoms with E-state index in [2.05, 4.69) is 10.2 Å². The number of carbonyl (C=O) groups is 1. The highest BCUT2D eigenvalue weighted by atomic mass is 32.2. The molecule has 2 fully saturated rings. The minimum atomic E-state index is -2.96. The van der Waals surface area contributed by atoms with Crippen molar-refractivity contribution in [3.63, 3.8) is 0 Å². The average Bonchev–Trinajstić information content (AvgIpc) is 2.68. The highest BCUT2D eigenvalue weighted by molar-refractivity contribution is 7.90. The molecule has 0 aromatic heterocycles. The Morgan fingerprint density at radius 3 is 2.78 bits per heavy atom. The van der Waals surface area contributed by atoms with Gasteiger partial charge in [0.05, 0.1) is 11.9 Å². The van der Waals surface area contributed by atoms with Crippen LogP contribution in [0.2, 0.25) is 0 Å². The Morgan fingerprint density at radius 1 is 1.43 bits per heavy atom. The van der Waals surface area contributed by atoms with Crippen LogP contribution >= 0.6 is 0 Å². The van der Waals surface area contributed by atoms with Gasteiger partial charge < -0.3 is 15.8 Å². The van der Waals surface area contributed by atoms with Crippen LogP contribution in [0, 0.1) is 0 Å². The summed E-state index contributed by atoms with van der Waals surface area (Å²) in [5, 5.41) is 3.13. The fourth-order valence-electron chi connectivity index (χ4n) is 3.93. The van der Waals surface area contributed by atoms with E-state index in [-0.39, 0.29) is 17.8 Å². The molecular formula is C15H29N3O4S. The summed E-state index contributed by atoms with van der Waals surface area (Å²) in [6.45, 7) is 1.61. The van der Waals surface area contributed by atoms with Gasteiger partial charge in [0.2, 0.25) is 5.91 Å². The number of nitrogens with two attached hydrogens (primary N) is 1. The second-order valence-electron chi connectivity index (χ2n) is 6.82. The van der Waals surface area contributed by atoms with E-state index < -0.39 is 15.4 Å². The first kappa shape index (κ1) is 18.6. The molecule has 0 spiro atoms. The first-order chi connectivity index (χ1) is 10.8. The van der Waals surface area contributed by atoms with Gasteiger partial charge in [0.25, 0.3) is 0 Å². The number of fused-ring (bicyclic) bond motifs is 2. The van der Waals surface area contributed by atoms with Crippen molar-refractivity contribution >= 4 is 15.7 Å². The number of sulfone groups is 1. The molecule has 3 N–H and O–H groups in total. The highest BCUT2D eigenvalue weighted by Crippen LogP contribution is 2.44. The van der Waals surface area contributed by atoms with Gasteiger partial charge in [-0.1, -0.05) is 0 Å². The maximum Gasteiger partial charge on any atom is 0.237 e. The van der Waals surface area contributed by atoms with Crippen molar-refractivity contribution < 1.29 is 17.9 Å². The number of piperidine rings is 1. The number of carbonyl (C=O) groups excluding carboxylic acids is 1. The molecule has 8 heteroatoms. The van der Waals surface area contributed by atoms with Crippen LogP contribution < -0.4 is 11.1 Å². The lowest BCUT2D eigenvalue weighted by atomic mass is 9.87. The topological polar surface area (TPSA) is 102 Å². The molecule has 134 valence electrons. The minimum Gasteiger partial charge on any atom is -0.379 e. The van der Waals surface area contributed by atoms with Crippen LogP contribution in [0.1, 0.15) is 32.1 Å². The molecule has 2 heterocycles. The smallest absolute Gasteiger partial charge is 0.237 e. The Balaban J connectivity index is 1.91. The molecule has 2 bridgehead atoms. The number of primary amides is 1. The maximum absolute atomic E-state index is 12.0. The van der Waals surface area contributed by atoms with E-state index in [1.807, 2.05) is 0 Å². The number of nitrogens with one attached hydrogen (secondary N) is 1. The lowest BCUT2D eigenvalue weighted by Crippen LogP contribution is -2.60. The standard InChI is InChI=1S/C15H29N3O4S/c1-22-13(10-17-8-9-23(2,20)21)11-18-12-4-3-6-15(18,7-5-12)14(16)19/h12-13,17H,3-11H2,1-2H3,(H2,16,19)/t12-,13?,15+/m1/s1. The van der Waals surface area contributed by atoms with Gasteiger partial charge in [-0.3, -0.25) is 9.69 Å². The van der Waals surface area contributed by atoms with E-state index in [4.69, 9.17) is 10.5 Å². The van der Waals surface area contributed by atoms with Gasteiger partial charge in [0.15, 0.2) is 0 Å². The number of hydrogen-bond donors (Lipinski definition) is 2. The first-order valence-corrected chi connectivity index (χ1v) is 10.3. The molecule has 2 aliphatic rings. The fraction of sp³-hybridized carbons (Fsp3) is 0.933. The third kappa shape index (κ3) is 4.43. The van der Waals surface area contributed by atoms with Crippen LogP contribution in [0.25, 0.3) is 0 Å². The van der Waals surface area contributed by atoms with Crippen LogP contribution in [-0.4, -0.2) is 75.7 Å². The quantitative estimate of drug-likeness (QED) is 0.546. The monoisotopic (exact) mass is 347 g/mol. The van der Waals surface area contributed by atoms with Crippen molar-refractivity contribution in [1.82, 2.24) is 10.2 Å². The van der Waals surface area contributed by atoms with Gasteiger partial charge in [-0.25, -0.2) is 8.42 Å². The van der Waals surface area contributed by atoms with Crippen molar-refractivity contribution in [3.8, 4) is 0 Å². The van der Waals surface area contributed by atoms with Crippen LogP contribution in [0.5, 0.6) is 0 Å². The van der Waals surface area contributed by atoms with Gasteiger partial charge >= 0.3 is 0 Å². The van der Waals surface area contributed by atoms with E-state index in [1.165, 1.54) is 6.26 Å². The van der Waals surface area contributed by atoms with Crippen LogP contribution in [0.15, 0.2) is 0 Å². The molecule has 1 amide bonds. The lowest BCUT2D eigenvalue weighted by Gasteiger charge is -2.44. The normalized spacial score (nSPS) is 29.6. The number of amides is 1. The summed E-state index contributed by atoms with van der Waals surface area (Å²) in [4.78, 5) is 14.3. The number of methoxy groups -OCH3 is 1. The van der Waals surface area contributed by atoms with Gasteiger partial charge in [-0.15, -0.1) is 0 Å². The molecule has 7 nitrogen and oxygen atoms in total. The van der Waals surface area contributed by atoms with E-state index in [9.17, 15) is 13.2 Å². The Morgan fingerprint density at radius 2 is 2.17 bits per heavy atom. The SMILES string of the molecule is COC(CNCCS(C)(=O)=O)CN1[C@@H]2CCC[C@@]1(C(N)=O)CC2. The van der Waals surface area contributed by atoms with Crippen molar-refractivity contribution in [2.45, 2.75) is 49.8 Å². The van der Waals surface area contributed by atoms with Crippen molar-refractivity contribution in [2.75, 3.05) is 38.8 Å². The lowest BCUT2D eigenvalue weighted by molar-refractivity contribution is -0.133. The van der Waals surface area contributed by atoms with Gasteiger partial charge in [-0.05, 0) is 32.1 Å².